The Morgan fingerprint density at radius 1 is 1.47 bits per heavy atom. The van der Waals surface area contributed by atoms with Crippen molar-refractivity contribution in [1.29, 1.82) is 0 Å². The van der Waals surface area contributed by atoms with Crippen LogP contribution in [0.15, 0.2) is 0 Å². The summed E-state index contributed by atoms with van der Waals surface area (Å²) in [6.07, 6.45) is 0.981. The van der Waals surface area contributed by atoms with E-state index in [-0.39, 0.29) is 6.03 Å². The highest BCUT2D eigenvalue weighted by Gasteiger charge is 2.27. The average Bonchev–Trinajstić information content (AvgIpc) is 2.29. The van der Waals surface area contributed by atoms with Crippen LogP contribution in [0.4, 0.5) is 4.79 Å². The highest BCUT2D eigenvalue weighted by atomic mass is 16.4. The number of carboxylic acids is 1. The molecule has 6 nitrogen and oxygen atoms in total. The van der Waals surface area contributed by atoms with Gasteiger partial charge in [-0.2, -0.15) is 0 Å². The van der Waals surface area contributed by atoms with Crippen molar-refractivity contribution in [3.8, 4) is 0 Å². The van der Waals surface area contributed by atoms with E-state index in [4.69, 9.17) is 5.11 Å². The van der Waals surface area contributed by atoms with Gasteiger partial charge in [0.05, 0.1) is 0 Å². The first kappa shape index (κ1) is 13.8. The Labute approximate surface area is 102 Å². The van der Waals surface area contributed by atoms with E-state index in [2.05, 4.69) is 17.1 Å². The third-order valence-corrected chi connectivity index (χ3v) is 3.25. The van der Waals surface area contributed by atoms with Crippen molar-refractivity contribution in [2.24, 2.45) is 0 Å². The van der Waals surface area contributed by atoms with Crippen LogP contribution < -0.4 is 5.32 Å². The van der Waals surface area contributed by atoms with Crippen molar-refractivity contribution in [2.45, 2.75) is 32.4 Å². The maximum absolute atomic E-state index is 11.8. The third kappa shape index (κ3) is 3.59. The predicted molar refractivity (Wildman–Crippen MR) is 63.9 cm³/mol. The van der Waals surface area contributed by atoms with Gasteiger partial charge in [-0.1, -0.05) is 6.92 Å². The topological polar surface area (TPSA) is 72.9 Å². The van der Waals surface area contributed by atoms with Gasteiger partial charge in [0.25, 0.3) is 0 Å². The van der Waals surface area contributed by atoms with Gasteiger partial charge in [0, 0.05) is 25.7 Å². The molecule has 1 rings (SSSR count). The molecule has 98 valence electrons. The Morgan fingerprint density at radius 2 is 2.12 bits per heavy atom. The highest BCUT2D eigenvalue weighted by Crippen LogP contribution is 2.10. The summed E-state index contributed by atoms with van der Waals surface area (Å²) < 4.78 is 0. The summed E-state index contributed by atoms with van der Waals surface area (Å²) in [4.78, 5) is 26.4. The van der Waals surface area contributed by atoms with Crippen molar-refractivity contribution in [3.63, 3.8) is 0 Å². The number of carboxylic acid groups (broad SMARTS) is 1. The highest BCUT2D eigenvalue weighted by molar-refractivity contribution is 5.82. The van der Waals surface area contributed by atoms with Crippen molar-refractivity contribution in [1.82, 2.24) is 15.1 Å². The number of urea groups is 1. The fraction of sp³-hybridized carbons (Fsp3) is 0.818. The van der Waals surface area contributed by atoms with E-state index in [9.17, 15) is 9.59 Å². The second-order valence-electron chi connectivity index (χ2n) is 4.50. The van der Waals surface area contributed by atoms with Crippen LogP contribution in [0.2, 0.25) is 0 Å². The van der Waals surface area contributed by atoms with Crippen LogP contribution in [-0.2, 0) is 4.79 Å². The lowest BCUT2D eigenvalue weighted by molar-refractivity contribution is -0.138. The molecule has 0 bridgehead atoms. The number of nitrogens with zero attached hydrogens (tertiary/aromatic N) is 2. The van der Waals surface area contributed by atoms with E-state index in [0.29, 0.717) is 19.1 Å². The van der Waals surface area contributed by atoms with Gasteiger partial charge in [-0.05, 0) is 20.4 Å². The molecule has 1 heterocycles. The smallest absolute Gasteiger partial charge is 0.325 e. The normalized spacial score (nSPS) is 23.2. The molecule has 2 atom stereocenters. The largest absolute Gasteiger partial charge is 0.480 e. The molecule has 0 aromatic heterocycles. The summed E-state index contributed by atoms with van der Waals surface area (Å²) in [5.41, 5.74) is 0. The van der Waals surface area contributed by atoms with E-state index in [0.717, 1.165) is 13.0 Å². The van der Waals surface area contributed by atoms with Gasteiger partial charge in [-0.25, -0.2) is 4.79 Å². The van der Waals surface area contributed by atoms with Crippen LogP contribution in [0, 0.1) is 0 Å². The molecule has 1 unspecified atom stereocenters. The molecule has 2 N–H and O–H groups in total. The number of likely N-dealkylation sites (N-methyl/N-ethyl adjacent to an activating group) is 1. The molecule has 1 aliphatic heterocycles. The number of hydrogen-bond acceptors (Lipinski definition) is 3. The molecule has 0 aromatic rings. The Hall–Kier alpha value is -1.30. The SMILES string of the molecule is CCC1CN(C(=O)N[C@@H](C)C(=O)O)CCN1C. The van der Waals surface area contributed by atoms with Crippen LogP contribution in [0.5, 0.6) is 0 Å². The lowest BCUT2D eigenvalue weighted by atomic mass is 10.1. The molecule has 0 spiro atoms. The Kier molecular flexibility index (Phi) is 4.74. The van der Waals surface area contributed by atoms with Crippen LogP contribution in [0.1, 0.15) is 20.3 Å². The van der Waals surface area contributed by atoms with E-state index in [1.165, 1.54) is 6.92 Å². The first-order valence-electron chi connectivity index (χ1n) is 5.94. The zero-order chi connectivity index (χ0) is 13.0. The van der Waals surface area contributed by atoms with Crippen molar-refractivity contribution in [2.75, 3.05) is 26.7 Å². The van der Waals surface area contributed by atoms with Crippen molar-refractivity contribution >= 4 is 12.0 Å². The van der Waals surface area contributed by atoms with Gasteiger partial charge < -0.3 is 15.3 Å². The number of rotatable bonds is 3. The standard InChI is InChI=1S/C11H21N3O3/c1-4-9-7-14(6-5-13(9)3)11(17)12-8(2)10(15)16/h8-9H,4-7H2,1-3H3,(H,12,17)(H,15,16)/t8-,9?/m0/s1. The number of nitrogens with one attached hydrogen (secondary N) is 1. The van der Waals surface area contributed by atoms with Gasteiger partial charge >= 0.3 is 12.0 Å². The lowest BCUT2D eigenvalue weighted by Crippen LogP contribution is -2.56. The number of carbonyl (C=O) groups is 2. The number of amides is 2. The Balaban J connectivity index is 2.50. The fourth-order valence-electron chi connectivity index (χ4n) is 1.91. The van der Waals surface area contributed by atoms with Crippen LogP contribution in [0.3, 0.4) is 0 Å². The van der Waals surface area contributed by atoms with Gasteiger partial charge in [0.2, 0.25) is 0 Å². The van der Waals surface area contributed by atoms with Gasteiger partial charge in [0.15, 0.2) is 0 Å². The summed E-state index contributed by atoms with van der Waals surface area (Å²) in [7, 11) is 2.04. The molecule has 0 radical (unpaired) electrons. The second-order valence-corrected chi connectivity index (χ2v) is 4.50. The summed E-state index contributed by atoms with van der Waals surface area (Å²) >= 11 is 0. The first-order valence-corrected chi connectivity index (χ1v) is 5.94. The second kappa shape index (κ2) is 5.86. The van der Waals surface area contributed by atoms with Gasteiger partial charge in [-0.15, -0.1) is 0 Å². The summed E-state index contributed by atoms with van der Waals surface area (Å²) in [6, 6.07) is -0.775. The Bertz CT molecular complexity index is 296. The molecule has 17 heavy (non-hydrogen) atoms. The average molecular weight is 243 g/mol. The van der Waals surface area contributed by atoms with Crippen LogP contribution >= 0.6 is 0 Å². The maximum atomic E-state index is 11.8. The molecule has 1 aliphatic rings. The zero-order valence-corrected chi connectivity index (χ0v) is 10.6. The van der Waals surface area contributed by atoms with Crippen molar-refractivity contribution in [3.05, 3.63) is 0 Å². The molecule has 0 aromatic carbocycles. The molecule has 1 saturated heterocycles. The van der Waals surface area contributed by atoms with E-state index >= 15 is 0 Å². The van der Waals surface area contributed by atoms with Gasteiger partial charge in [0.1, 0.15) is 6.04 Å². The lowest BCUT2D eigenvalue weighted by Gasteiger charge is -2.39. The summed E-state index contributed by atoms with van der Waals surface area (Å²) in [5.74, 6) is -1.01. The van der Waals surface area contributed by atoms with Crippen LogP contribution in [-0.4, -0.2) is 65.7 Å². The summed E-state index contributed by atoms with van der Waals surface area (Å²) in [6.45, 7) is 5.68. The summed E-state index contributed by atoms with van der Waals surface area (Å²) in [5, 5.41) is 11.2. The van der Waals surface area contributed by atoms with E-state index < -0.39 is 12.0 Å². The number of piperazine rings is 1. The van der Waals surface area contributed by atoms with E-state index in [1.807, 2.05) is 7.05 Å². The number of aliphatic carboxylic acids is 1. The van der Waals surface area contributed by atoms with Gasteiger partial charge in [-0.3, -0.25) is 9.69 Å². The molecule has 6 heteroatoms. The molecule has 1 fully saturated rings. The third-order valence-electron chi connectivity index (χ3n) is 3.25. The molecule has 2 amide bonds. The Morgan fingerprint density at radius 3 is 2.65 bits per heavy atom. The molecule has 0 aliphatic carbocycles. The first-order chi connectivity index (χ1) is 7.95. The minimum atomic E-state index is -1.01. The molecule has 0 saturated carbocycles. The monoisotopic (exact) mass is 243 g/mol. The molecular weight excluding hydrogens is 222 g/mol. The maximum Gasteiger partial charge on any atom is 0.325 e. The van der Waals surface area contributed by atoms with E-state index in [1.54, 1.807) is 4.90 Å². The fourth-order valence-corrected chi connectivity index (χ4v) is 1.91. The minimum Gasteiger partial charge on any atom is -0.480 e. The number of hydrogen-bond donors (Lipinski definition) is 2. The van der Waals surface area contributed by atoms with Crippen LogP contribution in [0.25, 0.3) is 0 Å². The predicted octanol–water partition coefficient (Wildman–Crippen LogP) is 0.195. The number of carbonyl (C=O) groups excluding carboxylic acids is 1. The molecular formula is C11H21N3O3. The zero-order valence-electron chi connectivity index (χ0n) is 10.6. The quantitative estimate of drug-likeness (QED) is 0.742. The minimum absolute atomic E-state index is 0.286. The van der Waals surface area contributed by atoms with Crippen molar-refractivity contribution < 1.29 is 14.7 Å².